The highest BCUT2D eigenvalue weighted by molar-refractivity contribution is 6.04. The summed E-state index contributed by atoms with van der Waals surface area (Å²) >= 11 is 0. The number of carbonyl (C=O) groups excluding carboxylic acids is 1. The zero-order chi connectivity index (χ0) is 24.1. The van der Waals surface area contributed by atoms with Gasteiger partial charge < -0.3 is 14.4 Å². The first-order valence-corrected chi connectivity index (χ1v) is 11.1. The molecule has 0 radical (unpaired) electrons. The van der Waals surface area contributed by atoms with E-state index in [2.05, 4.69) is 5.10 Å². The number of hydrogen-bond donors (Lipinski definition) is 0. The Hall–Kier alpha value is -4.13. The van der Waals surface area contributed by atoms with Crippen LogP contribution in [-0.4, -0.2) is 34.7 Å². The van der Waals surface area contributed by atoms with Gasteiger partial charge in [-0.1, -0.05) is 54.6 Å². The second-order valence-corrected chi connectivity index (χ2v) is 7.94. The van der Waals surface area contributed by atoms with E-state index in [9.17, 15) is 9.59 Å². The third-order valence-corrected chi connectivity index (χ3v) is 5.60. The first kappa shape index (κ1) is 23.0. The van der Waals surface area contributed by atoms with Crippen molar-refractivity contribution in [2.45, 2.75) is 26.6 Å². The fraction of sp³-hybridized carbons (Fsp3) is 0.222. The van der Waals surface area contributed by atoms with Crippen LogP contribution in [0.2, 0.25) is 0 Å². The zero-order valence-corrected chi connectivity index (χ0v) is 19.5. The van der Waals surface area contributed by atoms with E-state index < -0.39 is 0 Å². The molecule has 0 aliphatic carbocycles. The topological polar surface area (TPSA) is 73.7 Å². The molecule has 174 valence electrons. The molecule has 7 heteroatoms. The fourth-order valence-corrected chi connectivity index (χ4v) is 3.80. The van der Waals surface area contributed by atoms with Gasteiger partial charge in [-0.2, -0.15) is 5.10 Å². The zero-order valence-electron chi connectivity index (χ0n) is 19.5. The predicted octanol–water partition coefficient (Wildman–Crippen LogP) is 4.28. The quantitative estimate of drug-likeness (QED) is 0.395. The summed E-state index contributed by atoms with van der Waals surface area (Å²) in [6, 6.07) is 22.6. The highest BCUT2D eigenvalue weighted by Crippen LogP contribution is 2.29. The molecule has 0 bridgehead atoms. The van der Waals surface area contributed by atoms with Crippen molar-refractivity contribution in [3.05, 3.63) is 100.0 Å². The molecule has 34 heavy (non-hydrogen) atoms. The number of benzene rings is 3. The van der Waals surface area contributed by atoms with Crippen molar-refractivity contribution in [1.29, 1.82) is 0 Å². The molecule has 1 amide bonds. The minimum atomic E-state index is -0.262. The van der Waals surface area contributed by atoms with Crippen LogP contribution in [0.1, 0.15) is 28.5 Å². The Labute approximate surface area is 198 Å². The normalized spacial score (nSPS) is 10.8. The van der Waals surface area contributed by atoms with E-state index in [4.69, 9.17) is 9.47 Å². The summed E-state index contributed by atoms with van der Waals surface area (Å²) < 4.78 is 12.8. The summed E-state index contributed by atoms with van der Waals surface area (Å²) in [6.45, 7) is 2.99. The smallest absolute Gasteiger partial charge is 0.274 e. The summed E-state index contributed by atoms with van der Waals surface area (Å²) in [5.74, 6) is 0.964. The molecule has 0 aliphatic heterocycles. The van der Waals surface area contributed by atoms with Crippen molar-refractivity contribution in [2.24, 2.45) is 0 Å². The van der Waals surface area contributed by atoms with Gasteiger partial charge in [-0.3, -0.25) is 9.59 Å². The Balaban J connectivity index is 1.55. The van der Waals surface area contributed by atoms with Crippen molar-refractivity contribution in [1.82, 2.24) is 14.7 Å². The van der Waals surface area contributed by atoms with Gasteiger partial charge in [0, 0.05) is 25.5 Å². The average Bonchev–Trinajstić information content (AvgIpc) is 2.88. The van der Waals surface area contributed by atoms with Gasteiger partial charge >= 0.3 is 0 Å². The van der Waals surface area contributed by atoms with Crippen molar-refractivity contribution in [3.8, 4) is 11.5 Å². The van der Waals surface area contributed by atoms with Crippen LogP contribution in [0.15, 0.2) is 77.6 Å². The third kappa shape index (κ3) is 4.78. The second-order valence-electron chi connectivity index (χ2n) is 7.94. The molecule has 0 saturated carbocycles. The first-order chi connectivity index (χ1) is 16.5. The number of hydrogen-bond acceptors (Lipinski definition) is 5. The van der Waals surface area contributed by atoms with Gasteiger partial charge in [0.15, 0.2) is 17.2 Å². The van der Waals surface area contributed by atoms with Crippen molar-refractivity contribution >= 4 is 16.7 Å². The van der Waals surface area contributed by atoms with Crippen LogP contribution in [0.25, 0.3) is 10.8 Å². The van der Waals surface area contributed by atoms with Gasteiger partial charge in [0.25, 0.3) is 11.5 Å². The van der Waals surface area contributed by atoms with E-state index >= 15 is 0 Å². The van der Waals surface area contributed by atoms with Crippen LogP contribution in [0.3, 0.4) is 0 Å². The molecule has 7 nitrogen and oxygen atoms in total. The number of methoxy groups -OCH3 is 1. The number of fused-ring (bicyclic) bond motifs is 1. The lowest BCUT2D eigenvalue weighted by atomic mass is 10.1. The van der Waals surface area contributed by atoms with Crippen LogP contribution in [0.5, 0.6) is 11.5 Å². The monoisotopic (exact) mass is 457 g/mol. The van der Waals surface area contributed by atoms with Gasteiger partial charge in [-0.05, 0) is 36.2 Å². The fourth-order valence-electron chi connectivity index (χ4n) is 3.80. The maximum absolute atomic E-state index is 13.3. The predicted molar refractivity (Wildman–Crippen MR) is 131 cm³/mol. The van der Waals surface area contributed by atoms with Gasteiger partial charge in [0.2, 0.25) is 0 Å². The Morgan fingerprint density at radius 1 is 0.941 bits per heavy atom. The molecule has 1 aromatic heterocycles. The van der Waals surface area contributed by atoms with Crippen LogP contribution in [-0.2, 0) is 19.7 Å². The van der Waals surface area contributed by atoms with Gasteiger partial charge in [-0.15, -0.1) is 0 Å². The van der Waals surface area contributed by atoms with Crippen molar-refractivity contribution in [3.63, 3.8) is 0 Å². The molecule has 0 aliphatic rings. The Kier molecular flexibility index (Phi) is 6.92. The minimum Gasteiger partial charge on any atom is -0.493 e. The maximum atomic E-state index is 13.3. The summed E-state index contributed by atoms with van der Waals surface area (Å²) in [5.41, 5.74) is 2.00. The van der Waals surface area contributed by atoms with E-state index in [-0.39, 0.29) is 17.2 Å². The molecule has 0 spiro atoms. The number of nitrogens with zero attached hydrogens (tertiary/aromatic N) is 3. The average molecular weight is 458 g/mol. The largest absolute Gasteiger partial charge is 0.493 e. The molecular formula is C27H27N3O4. The first-order valence-electron chi connectivity index (χ1n) is 11.1. The minimum absolute atomic E-state index is 0.201. The maximum Gasteiger partial charge on any atom is 0.274 e. The molecule has 3 aromatic carbocycles. The molecule has 4 aromatic rings. The molecule has 0 fully saturated rings. The summed E-state index contributed by atoms with van der Waals surface area (Å²) in [5, 5.41) is 5.39. The van der Waals surface area contributed by atoms with Crippen LogP contribution >= 0.6 is 0 Å². The van der Waals surface area contributed by atoms with E-state index in [1.807, 2.05) is 55.5 Å². The number of carbonyl (C=O) groups is 1. The molecule has 0 atom stereocenters. The van der Waals surface area contributed by atoms with E-state index in [0.29, 0.717) is 42.0 Å². The van der Waals surface area contributed by atoms with Crippen molar-refractivity contribution in [2.75, 3.05) is 14.2 Å². The SMILES string of the molecule is CCn1nc(C(=O)N(C)Cc2ccc(OCc3ccccc3)c(OC)c2)c2ccccc2c1=O. The summed E-state index contributed by atoms with van der Waals surface area (Å²) in [7, 11) is 3.31. The molecule has 0 N–H and O–H groups in total. The Morgan fingerprint density at radius 2 is 1.65 bits per heavy atom. The van der Waals surface area contributed by atoms with Gasteiger partial charge in [0.05, 0.1) is 12.5 Å². The third-order valence-electron chi connectivity index (χ3n) is 5.60. The number of amides is 1. The Morgan fingerprint density at radius 3 is 2.35 bits per heavy atom. The van der Waals surface area contributed by atoms with Crippen LogP contribution < -0.4 is 15.0 Å². The standard InChI is InChI=1S/C27H27N3O4/c1-4-30-26(31)22-13-9-8-12-21(22)25(28-30)27(32)29(2)17-20-14-15-23(24(16-20)33-3)34-18-19-10-6-5-7-11-19/h5-16H,4,17-18H2,1-3H3. The van der Waals surface area contributed by atoms with Crippen LogP contribution in [0, 0.1) is 0 Å². The summed E-state index contributed by atoms with van der Waals surface area (Å²) in [4.78, 5) is 27.5. The van der Waals surface area contributed by atoms with E-state index in [1.54, 1.807) is 43.3 Å². The number of rotatable bonds is 8. The lowest BCUT2D eigenvalue weighted by molar-refractivity contribution is 0.0778. The van der Waals surface area contributed by atoms with Crippen LogP contribution in [0.4, 0.5) is 0 Å². The number of aromatic nitrogens is 2. The van der Waals surface area contributed by atoms with Crippen molar-refractivity contribution < 1.29 is 14.3 Å². The molecule has 0 saturated heterocycles. The lowest BCUT2D eigenvalue weighted by Crippen LogP contribution is -2.31. The Bertz CT molecular complexity index is 1370. The van der Waals surface area contributed by atoms with E-state index in [0.717, 1.165) is 11.1 Å². The summed E-state index contributed by atoms with van der Waals surface area (Å²) in [6.07, 6.45) is 0. The molecule has 4 rings (SSSR count). The molecule has 1 heterocycles. The van der Waals surface area contributed by atoms with Gasteiger partial charge in [-0.25, -0.2) is 4.68 Å². The lowest BCUT2D eigenvalue weighted by Gasteiger charge is -2.19. The molecular weight excluding hydrogens is 430 g/mol. The second kappa shape index (κ2) is 10.2. The number of aryl methyl sites for hydroxylation is 1. The number of ether oxygens (including phenoxy) is 2. The van der Waals surface area contributed by atoms with Gasteiger partial charge in [0.1, 0.15) is 6.61 Å². The highest BCUT2D eigenvalue weighted by atomic mass is 16.5. The highest BCUT2D eigenvalue weighted by Gasteiger charge is 2.20. The van der Waals surface area contributed by atoms with E-state index in [1.165, 1.54) is 4.68 Å². The molecule has 0 unspecified atom stereocenters.